The van der Waals surface area contributed by atoms with Crippen molar-refractivity contribution in [2.24, 2.45) is 5.92 Å². The summed E-state index contributed by atoms with van der Waals surface area (Å²) in [5.74, 6) is 2.09. The first kappa shape index (κ1) is 25.8. The van der Waals surface area contributed by atoms with E-state index in [1.165, 1.54) is 33.4 Å². The minimum absolute atomic E-state index is 0.0306. The number of hydrogen-bond acceptors (Lipinski definition) is 5. The Kier molecular flexibility index (Phi) is 7.22. The largest absolute Gasteiger partial charge is 0.493 e. The van der Waals surface area contributed by atoms with Crippen molar-refractivity contribution < 1.29 is 28.8 Å². The summed E-state index contributed by atoms with van der Waals surface area (Å²) < 4.78 is 24.0. The molecule has 2 atom stereocenters. The van der Waals surface area contributed by atoms with E-state index in [-0.39, 0.29) is 18.4 Å². The van der Waals surface area contributed by atoms with Gasteiger partial charge >= 0.3 is 5.97 Å². The monoisotopic (exact) mass is 528 g/mol. The normalized spacial score (nSPS) is 20.3. The molecular formula is C33H36O6. The highest BCUT2D eigenvalue weighted by molar-refractivity contribution is 5.76. The van der Waals surface area contributed by atoms with Gasteiger partial charge in [0, 0.05) is 30.8 Å². The molecule has 1 saturated heterocycles. The van der Waals surface area contributed by atoms with Crippen LogP contribution in [0, 0.1) is 19.8 Å². The van der Waals surface area contributed by atoms with Crippen molar-refractivity contribution in [2.45, 2.75) is 58.0 Å². The van der Waals surface area contributed by atoms with Crippen molar-refractivity contribution >= 4 is 5.97 Å². The lowest BCUT2D eigenvalue weighted by atomic mass is 9.90. The molecule has 0 aromatic heterocycles. The summed E-state index contributed by atoms with van der Waals surface area (Å²) in [6, 6.07) is 16.7. The minimum Gasteiger partial charge on any atom is -0.493 e. The van der Waals surface area contributed by atoms with Crippen molar-refractivity contribution in [3.63, 3.8) is 0 Å². The first-order valence-corrected chi connectivity index (χ1v) is 14.1. The zero-order valence-electron chi connectivity index (χ0n) is 22.7. The summed E-state index contributed by atoms with van der Waals surface area (Å²) in [4.78, 5) is 11.2. The fourth-order valence-corrected chi connectivity index (χ4v) is 6.41. The molecule has 2 aliphatic heterocycles. The van der Waals surface area contributed by atoms with Crippen molar-refractivity contribution in [3.8, 4) is 28.4 Å². The number of rotatable bonds is 8. The fourth-order valence-electron chi connectivity index (χ4n) is 6.41. The van der Waals surface area contributed by atoms with Crippen LogP contribution in [-0.2, 0) is 16.0 Å². The molecule has 6 rings (SSSR count). The topological polar surface area (TPSA) is 74.2 Å². The fraction of sp³-hybridized carbons (Fsp3) is 0.424. The third-order valence-electron chi connectivity index (χ3n) is 8.38. The second-order valence-electron chi connectivity index (χ2n) is 11.1. The number of hydrogen-bond donors (Lipinski definition) is 1. The number of ether oxygens (including phenoxy) is 4. The van der Waals surface area contributed by atoms with Crippen LogP contribution in [0.5, 0.6) is 17.2 Å². The number of aryl methyl sites for hydroxylation is 2. The maximum atomic E-state index is 11.2. The van der Waals surface area contributed by atoms with E-state index in [1.54, 1.807) is 0 Å². The SMILES string of the molecule is Cc1cc(OCC2CCOCC2)cc(C)c1-c1cccc2c1CCC2Oc1ccc2c(c1)OC[C@H]2CC(=O)O. The van der Waals surface area contributed by atoms with E-state index >= 15 is 0 Å². The Hall–Kier alpha value is -3.51. The maximum absolute atomic E-state index is 11.2. The van der Waals surface area contributed by atoms with E-state index in [0.717, 1.165) is 68.3 Å². The van der Waals surface area contributed by atoms with E-state index in [4.69, 9.17) is 18.9 Å². The van der Waals surface area contributed by atoms with Crippen LogP contribution in [0.2, 0.25) is 0 Å². The van der Waals surface area contributed by atoms with E-state index < -0.39 is 5.97 Å². The van der Waals surface area contributed by atoms with Crippen molar-refractivity contribution in [1.82, 2.24) is 0 Å². The lowest BCUT2D eigenvalue weighted by Crippen LogP contribution is -2.21. The molecule has 1 N–H and O–H groups in total. The molecule has 3 aromatic carbocycles. The molecule has 3 aromatic rings. The second kappa shape index (κ2) is 10.9. The van der Waals surface area contributed by atoms with Crippen LogP contribution in [0.3, 0.4) is 0 Å². The van der Waals surface area contributed by atoms with Gasteiger partial charge in [0.15, 0.2) is 0 Å². The highest BCUT2D eigenvalue weighted by Gasteiger charge is 2.30. The molecule has 0 amide bonds. The molecule has 39 heavy (non-hydrogen) atoms. The van der Waals surface area contributed by atoms with Gasteiger partial charge in [-0.2, -0.15) is 0 Å². The first-order chi connectivity index (χ1) is 19.0. The lowest BCUT2D eigenvalue weighted by Gasteiger charge is -2.23. The molecular weight excluding hydrogens is 492 g/mol. The molecule has 6 heteroatoms. The number of benzene rings is 3. The molecule has 1 unspecified atom stereocenters. The molecule has 0 radical (unpaired) electrons. The molecule has 3 aliphatic rings. The second-order valence-corrected chi connectivity index (χ2v) is 11.1. The summed E-state index contributed by atoms with van der Waals surface area (Å²) in [7, 11) is 0. The Labute approximate surface area is 229 Å². The standard InChI is InChI=1S/C33H36O6/c1-20-14-25(37-18-22-10-12-36-13-11-22)15-21(2)33(20)29-5-3-4-28-27(29)8-9-30(28)39-24-6-7-26-23(16-32(34)35)19-38-31(26)17-24/h3-7,14-15,17,22-23,30H,8-13,16,18-19H2,1-2H3,(H,34,35)/t23-,30?/m1/s1. The van der Waals surface area contributed by atoms with Gasteiger partial charge in [-0.05, 0) is 97.0 Å². The van der Waals surface area contributed by atoms with Crippen molar-refractivity contribution in [2.75, 3.05) is 26.4 Å². The third kappa shape index (κ3) is 5.35. The molecule has 0 bridgehead atoms. The molecule has 0 spiro atoms. The maximum Gasteiger partial charge on any atom is 0.304 e. The quantitative estimate of drug-likeness (QED) is 0.347. The molecule has 6 nitrogen and oxygen atoms in total. The van der Waals surface area contributed by atoms with Crippen LogP contribution < -0.4 is 14.2 Å². The van der Waals surface area contributed by atoms with Crippen LogP contribution in [-0.4, -0.2) is 37.5 Å². The van der Waals surface area contributed by atoms with Crippen molar-refractivity contribution in [3.05, 3.63) is 76.3 Å². The zero-order valence-corrected chi connectivity index (χ0v) is 22.7. The van der Waals surface area contributed by atoms with E-state index in [2.05, 4.69) is 44.2 Å². The van der Waals surface area contributed by atoms with Gasteiger partial charge in [-0.15, -0.1) is 0 Å². The Bertz CT molecular complexity index is 1350. The Balaban J connectivity index is 1.19. The summed E-state index contributed by atoms with van der Waals surface area (Å²) >= 11 is 0. The van der Waals surface area contributed by atoms with Gasteiger partial charge in [0.2, 0.25) is 0 Å². The van der Waals surface area contributed by atoms with E-state index in [1.807, 2.05) is 18.2 Å². The van der Waals surface area contributed by atoms with Crippen LogP contribution in [0.1, 0.15) is 65.5 Å². The van der Waals surface area contributed by atoms with Crippen LogP contribution in [0.15, 0.2) is 48.5 Å². The van der Waals surface area contributed by atoms with Gasteiger partial charge in [-0.1, -0.05) is 24.3 Å². The number of aliphatic carboxylic acids is 1. The van der Waals surface area contributed by atoms with E-state index in [9.17, 15) is 9.90 Å². The minimum atomic E-state index is -0.808. The number of fused-ring (bicyclic) bond motifs is 2. The van der Waals surface area contributed by atoms with Crippen LogP contribution in [0.25, 0.3) is 11.1 Å². The van der Waals surface area contributed by atoms with Crippen molar-refractivity contribution in [1.29, 1.82) is 0 Å². The first-order valence-electron chi connectivity index (χ1n) is 14.1. The average molecular weight is 529 g/mol. The van der Waals surface area contributed by atoms with Gasteiger partial charge in [-0.3, -0.25) is 4.79 Å². The van der Waals surface area contributed by atoms with Gasteiger partial charge < -0.3 is 24.1 Å². The van der Waals surface area contributed by atoms with Gasteiger partial charge in [0.05, 0.1) is 19.6 Å². The predicted molar refractivity (Wildman–Crippen MR) is 149 cm³/mol. The molecule has 1 fully saturated rings. The lowest BCUT2D eigenvalue weighted by molar-refractivity contribution is -0.137. The van der Waals surface area contributed by atoms with E-state index in [0.29, 0.717) is 12.5 Å². The Morgan fingerprint density at radius 1 is 0.974 bits per heavy atom. The summed E-state index contributed by atoms with van der Waals surface area (Å²) in [5, 5.41) is 9.17. The Morgan fingerprint density at radius 2 is 1.77 bits per heavy atom. The molecule has 0 saturated carbocycles. The average Bonchev–Trinajstić information content (AvgIpc) is 3.51. The van der Waals surface area contributed by atoms with Gasteiger partial charge in [-0.25, -0.2) is 0 Å². The highest BCUT2D eigenvalue weighted by atomic mass is 16.5. The van der Waals surface area contributed by atoms with Gasteiger partial charge in [0.25, 0.3) is 0 Å². The molecule has 204 valence electrons. The summed E-state index contributed by atoms with van der Waals surface area (Å²) in [5.41, 5.74) is 8.53. The predicted octanol–water partition coefficient (Wildman–Crippen LogP) is 6.79. The highest BCUT2D eigenvalue weighted by Crippen LogP contribution is 2.44. The Morgan fingerprint density at radius 3 is 2.54 bits per heavy atom. The zero-order chi connectivity index (χ0) is 26.9. The van der Waals surface area contributed by atoms with Crippen LogP contribution in [0.4, 0.5) is 0 Å². The summed E-state index contributed by atoms with van der Waals surface area (Å²) in [6.07, 6.45) is 4.05. The van der Waals surface area contributed by atoms with Gasteiger partial charge in [0.1, 0.15) is 23.4 Å². The smallest absolute Gasteiger partial charge is 0.304 e. The number of carboxylic acid groups (broad SMARTS) is 1. The molecule has 2 heterocycles. The molecule has 1 aliphatic carbocycles. The third-order valence-corrected chi connectivity index (χ3v) is 8.38. The number of carboxylic acids is 1. The number of carbonyl (C=O) groups is 1. The van der Waals surface area contributed by atoms with Crippen LogP contribution >= 0.6 is 0 Å². The summed E-state index contributed by atoms with van der Waals surface area (Å²) in [6.45, 7) is 7.17.